The molecule has 0 bridgehead atoms. The first-order valence-electron chi connectivity index (χ1n) is 9.49. The Hall–Kier alpha value is -2.60. The summed E-state index contributed by atoms with van der Waals surface area (Å²) in [5.74, 6) is 0.627. The number of allylic oxidation sites excluding steroid dienone is 5. The van der Waals surface area contributed by atoms with Crippen LogP contribution in [0.25, 0.3) is 11.1 Å². The summed E-state index contributed by atoms with van der Waals surface area (Å²) < 4.78 is 0. The van der Waals surface area contributed by atoms with Crippen molar-refractivity contribution in [3.8, 4) is 0 Å². The number of aryl methyl sites for hydroxylation is 1. The zero-order valence-electron chi connectivity index (χ0n) is 16.5. The predicted octanol–water partition coefficient (Wildman–Crippen LogP) is 7.62. The first kappa shape index (κ1) is 19.7. The summed E-state index contributed by atoms with van der Waals surface area (Å²) >= 11 is 0. The maximum atomic E-state index is 4.27. The molecule has 0 amide bonds. The van der Waals surface area contributed by atoms with Crippen molar-refractivity contribution in [2.75, 3.05) is 0 Å². The van der Waals surface area contributed by atoms with Crippen LogP contribution in [-0.4, -0.2) is 0 Å². The Labute approximate surface area is 159 Å². The van der Waals surface area contributed by atoms with Crippen LogP contribution in [-0.2, 0) is 0 Å². The third-order valence-electron chi connectivity index (χ3n) is 4.64. The Morgan fingerprint density at radius 1 is 0.808 bits per heavy atom. The Morgan fingerprint density at radius 3 is 1.73 bits per heavy atom. The fourth-order valence-corrected chi connectivity index (χ4v) is 2.91. The molecular formula is C26H30. The normalized spacial score (nSPS) is 15.5. The molecular weight excluding hydrogens is 312 g/mol. The van der Waals surface area contributed by atoms with Gasteiger partial charge in [-0.3, -0.25) is 0 Å². The van der Waals surface area contributed by atoms with Crippen LogP contribution < -0.4 is 0 Å². The molecule has 134 valence electrons. The molecule has 1 unspecified atom stereocenters. The van der Waals surface area contributed by atoms with Crippen molar-refractivity contribution < 1.29 is 0 Å². The van der Waals surface area contributed by atoms with Gasteiger partial charge in [-0.15, -0.1) is 0 Å². The lowest BCUT2D eigenvalue weighted by molar-refractivity contribution is 0.734. The highest BCUT2D eigenvalue weighted by Gasteiger charge is 2.09. The summed E-state index contributed by atoms with van der Waals surface area (Å²) in [4.78, 5) is 0. The molecule has 0 fully saturated rings. The molecule has 0 N–H and O–H groups in total. The standard InChI is InChI=1S/C24H24.C2H6/c1-17-5-9-21(10-6-17)19(3)23-13-15-24(16-14-23)20(4)22-11-7-18(2)8-12-22;1-2/h5-7,9-16,18H,3-4,8H2,1-2H3;1-2H3. The van der Waals surface area contributed by atoms with Gasteiger partial charge < -0.3 is 0 Å². The highest BCUT2D eigenvalue weighted by Crippen LogP contribution is 2.29. The lowest BCUT2D eigenvalue weighted by Crippen LogP contribution is -1.96. The largest absolute Gasteiger partial charge is 0.0906 e. The van der Waals surface area contributed by atoms with Gasteiger partial charge in [-0.2, -0.15) is 0 Å². The second-order valence-electron chi connectivity index (χ2n) is 6.63. The van der Waals surface area contributed by atoms with Crippen LogP contribution in [0.1, 0.15) is 49.4 Å². The minimum absolute atomic E-state index is 0.627. The van der Waals surface area contributed by atoms with E-state index in [4.69, 9.17) is 0 Å². The van der Waals surface area contributed by atoms with E-state index in [0.717, 1.165) is 23.1 Å². The Morgan fingerprint density at radius 2 is 1.27 bits per heavy atom. The first-order valence-corrected chi connectivity index (χ1v) is 9.49. The molecule has 0 saturated heterocycles. The molecule has 1 atom stereocenters. The van der Waals surface area contributed by atoms with E-state index in [1.54, 1.807) is 0 Å². The van der Waals surface area contributed by atoms with E-state index in [1.807, 2.05) is 13.8 Å². The third-order valence-corrected chi connectivity index (χ3v) is 4.64. The van der Waals surface area contributed by atoms with Crippen LogP contribution in [0, 0.1) is 12.8 Å². The summed E-state index contributed by atoms with van der Waals surface area (Å²) in [6.45, 7) is 16.9. The average molecular weight is 343 g/mol. The minimum Gasteiger partial charge on any atom is -0.0906 e. The van der Waals surface area contributed by atoms with Gasteiger partial charge in [0.25, 0.3) is 0 Å². The minimum atomic E-state index is 0.627. The topological polar surface area (TPSA) is 0 Å². The summed E-state index contributed by atoms with van der Waals surface area (Å²) in [7, 11) is 0. The predicted molar refractivity (Wildman–Crippen MR) is 117 cm³/mol. The van der Waals surface area contributed by atoms with Crippen LogP contribution in [0.5, 0.6) is 0 Å². The van der Waals surface area contributed by atoms with Crippen LogP contribution in [0.15, 0.2) is 85.5 Å². The number of hydrogen-bond acceptors (Lipinski definition) is 0. The van der Waals surface area contributed by atoms with Crippen molar-refractivity contribution in [2.45, 2.75) is 34.1 Å². The van der Waals surface area contributed by atoms with E-state index in [9.17, 15) is 0 Å². The summed E-state index contributed by atoms with van der Waals surface area (Å²) in [6, 6.07) is 17.1. The van der Waals surface area contributed by atoms with E-state index in [2.05, 4.69) is 93.8 Å². The SMILES string of the molecule is C=C(C1=CCC(C)C=C1)c1ccc(C(=C)c2ccc(C)cc2)cc1.CC. The quantitative estimate of drug-likeness (QED) is 0.536. The van der Waals surface area contributed by atoms with E-state index < -0.39 is 0 Å². The number of rotatable bonds is 4. The van der Waals surface area contributed by atoms with Gasteiger partial charge in [0.2, 0.25) is 0 Å². The zero-order chi connectivity index (χ0) is 19.1. The molecule has 0 radical (unpaired) electrons. The van der Waals surface area contributed by atoms with Crippen LogP contribution in [0.4, 0.5) is 0 Å². The number of hydrogen-bond donors (Lipinski definition) is 0. The average Bonchev–Trinajstić information content (AvgIpc) is 2.70. The molecule has 0 saturated carbocycles. The Bertz CT molecular complexity index is 811. The molecule has 2 aromatic rings. The zero-order valence-corrected chi connectivity index (χ0v) is 16.5. The fraction of sp³-hybridized carbons (Fsp3) is 0.231. The first-order chi connectivity index (χ1) is 12.5. The summed E-state index contributed by atoms with van der Waals surface area (Å²) in [6.07, 6.45) is 7.82. The molecule has 26 heavy (non-hydrogen) atoms. The van der Waals surface area contributed by atoms with E-state index in [0.29, 0.717) is 5.92 Å². The van der Waals surface area contributed by atoms with Crippen molar-refractivity contribution in [3.63, 3.8) is 0 Å². The highest BCUT2D eigenvalue weighted by molar-refractivity contribution is 5.83. The Balaban J connectivity index is 0.00000117. The van der Waals surface area contributed by atoms with Crippen molar-refractivity contribution in [2.24, 2.45) is 5.92 Å². The maximum Gasteiger partial charge on any atom is -0.0183 e. The van der Waals surface area contributed by atoms with Gasteiger partial charge in [0.05, 0.1) is 0 Å². The van der Waals surface area contributed by atoms with Gasteiger partial charge >= 0.3 is 0 Å². The molecule has 0 heterocycles. The van der Waals surface area contributed by atoms with Crippen molar-refractivity contribution in [1.82, 2.24) is 0 Å². The van der Waals surface area contributed by atoms with E-state index >= 15 is 0 Å². The van der Waals surface area contributed by atoms with Crippen molar-refractivity contribution in [1.29, 1.82) is 0 Å². The highest BCUT2D eigenvalue weighted by atomic mass is 14.1. The number of benzene rings is 2. The fourth-order valence-electron chi connectivity index (χ4n) is 2.91. The molecule has 1 aliphatic rings. The summed E-state index contributed by atoms with van der Waals surface area (Å²) in [5, 5.41) is 0. The van der Waals surface area contributed by atoms with Crippen LogP contribution in [0.2, 0.25) is 0 Å². The van der Waals surface area contributed by atoms with Gasteiger partial charge in [-0.25, -0.2) is 0 Å². The molecule has 3 rings (SSSR count). The van der Waals surface area contributed by atoms with Gasteiger partial charge in [0, 0.05) is 0 Å². The molecule has 0 aliphatic heterocycles. The maximum absolute atomic E-state index is 4.27. The van der Waals surface area contributed by atoms with Gasteiger partial charge in [-0.1, -0.05) is 106 Å². The molecule has 0 heteroatoms. The lowest BCUT2D eigenvalue weighted by Gasteiger charge is -2.15. The molecule has 0 nitrogen and oxygen atoms in total. The van der Waals surface area contributed by atoms with E-state index in [1.165, 1.54) is 22.3 Å². The smallest absolute Gasteiger partial charge is 0.0183 e. The van der Waals surface area contributed by atoms with Crippen molar-refractivity contribution in [3.05, 3.63) is 108 Å². The van der Waals surface area contributed by atoms with E-state index in [-0.39, 0.29) is 0 Å². The lowest BCUT2D eigenvalue weighted by atomic mass is 9.90. The van der Waals surface area contributed by atoms with Crippen LogP contribution in [0.3, 0.4) is 0 Å². The van der Waals surface area contributed by atoms with Gasteiger partial charge in [0.15, 0.2) is 0 Å². The van der Waals surface area contributed by atoms with Crippen molar-refractivity contribution >= 4 is 11.1 Å². The molecule has 1 aliphatic carbocycles. The monoisotopic (exact) mass is 342 g/mol. The molecule has 2 aromatic carbocycles. The van der Waals surface area contributed by atoms with Crippen LogP contribution >= 0.6 is 0 Å². The molecule has 0 aromatic heterocycles. The second kappa shape index (κ2) is 9.20. The van der Waals surface area contributed by atoms with Gasteiger partial charge in [-0.05, 0) is 52.7 Å². The van der Waals surface area contributed by atoms with Gasteiger partial charge in [0.1, 0.15) is 0 Å². The second-order valence-corrected chi connectivity index (χ2v) is 6.63. The third kappa shape index (κ3) is 4.73. The molecule has 0 spiro atoms. The Kier molecular flexibility index (Phi) is 6.97. The summed E-state index contributed by atoms with van der Waals surface area (Å²) in [5.41, 5.74) is 8.13.